The lowest BCUT2D eigenvalue weighted by molar-refractivity contribution is 0.0177. The van der Waals surface area contributed by atoms with Gasteiger partial charge in [-0.2, -0.15) is 0 Å². The molecule has 0 spiro atoms. The Balaban J connectivity index is 0.00000280. The highest BCUT2D eigenvalue weighted by Crippen LogP contribution is 2.25. The van der Waals surface area contributed by atoms with Crippen LogP contribution in [-0.4, -0.2) is 81.8 Å². The summed E-state index contributed by atoms with van der Waals surface area (Å²) in [6, 6.07) is 4.75. The zero-order valence-electron chi connectivity index (χ0n) is 17.1. The Hall–Kier alpha value is -0.420. The molecule has 0 radical (unpaired) electrons. The van der Waals surface area contributed by atoms with Crippen LogP contribution in [0.3, 0.4) is 0 Å². The molecule has 1 aromatic heterocycles. The van der Waals surface area contributed by atoms with E-state index in [4.69, 9.17) is 4.74 Å². The van der Waals surface area contributed by atoms with Crippen molar-refractivity contribution in [2.45, 2.75) is 31.7 Å². The van der Waals surface area contributed by atoms with Crippen molar-refractivity contribution in [2.24, 2.45) is 4.99 Å². The number of nitrogens with zero attached hydrogens (tertiary/aromatic N) is 3. The van der Waals surface area contributed by atoms with Crippen LogP contribution < -0.4 is 10.6 Å². The van der Waals surface area contributed by atoms with Crippen molar-refractivity contribution < 1.29 is 4.74 Å². The second kappa shape index (κ2) is 13.7. The summed E-state index contributed by atoms with van der Waals surface area (Å²) in [5.41, 5.74) is 0. The van der Waals surface area contributed by atoms with E-state index in [9.17, 15) is 0 Å². The summed E-state index contributed by atoms with van der Waals surface area (Å²) in [6.07, 6.45) is 5.46. The number of aliphatic imine (C=N–C) groups is 1. The molecule has 6 nitrogen and oxygen atoms in total. The lowest BCUT2D eigenvalue weighted by atomic mass is 10.2. The Morgan fingerprint density at radius 1 is 1.14 bits per heavy atom. The molecule has 3 rings (SSSR count). The van der Waals surface area contributed by atoms with Gasteiger partial charge in [0.25, 0.3) is 0 Å². The van der Waals surface area contributed by atoms with Gasteiger partial charge < -0.3 is 20.3 Å². The molecule has 1 aromatic rings. The molecule has 0 saturated carbocycles. The normalized spacial score (nSPS) is 20.8. The quantitative estimate of drug-likeness (QED) is 0.329. The first-order valence-corrected chi connectivity index (χ1v) is 11.3. The van der Waals surface area contributed by atoms with Crippen LogP contribution in [0.25, 0.3) is 0 Å². The van der Waals surface area contributed by atoms with Crippen LogP contribution >= 0.6 is 35.3 Å². The summed E-state index contributed by atoms with van der Waals surface area (Å²) in [4.78, 5) is 10.9. The highest BCUT2D eigenvalue weighted by molar-refractivity contribution is 14.0. The summed E-state index contributed by atoms with van der Waals surface area (Å²) < 4.78 is 5.53. The highest BCUT2D eigenvalue weighted by Gasteiger charge is 2.23. The summed E-state index contributed by atoms with van der Waals surface area (Å²) in [5, 5.41) is 9.21. The number of guanidine groups is 1. The number of halogens is 1. The summed E-state index contributed by atoms with van der Waals surface area (Å²) in [5.74, 6) is 0.902. The van der Waals surface area contributed by atoms with Gasteiger partial charge in [0, 0.05) is 44.6 Å². The van der Waals surface area contributed by atoms with Gasteiger partial charge >= 0.3 is 0 Å². The third kappa shape index (κ3) is 7.78. The fourth-order valence-electron chi connectivity index (χ4n) is 3.89. The molecular formula is C20H36IN5OS. The molecule has 2 fully saturated rings. The second-order valence-electron chi connectivity index (χ2n) is 7.32. The number of likely N-dealkylation sites (tertiary alicyclic amines) is 1. The van der Waals surface area contributed by atoms with Crippen molar-refractivity contribution in [3.05, 3.63) is 22.4 Å². The van der Waals surface area contributed by atoms with Crippen molar-refractivity contribution in [1.82, 2.24) is 20.4 Å². The third-order valence-corrected chi connectivity index (χ3v) is 6.44. The van der Waals surface area contributed by atoms with E-state index < -0.39 is 0 Å². The molecule has 160 valence electrons. The van der Waals surface area contributed by atoms with E-state index in [0.717, 1.165) is 51.9 Å². The lowest BCUT2D eigenvalue weighted by Crippen LogP contribution is -2.47. The zero-order chi connectivity index (χ0) is 18.7. The van der Waals surface area contributed by atoms with Crippen molar-refractivity contribution in [3.8, 4) is 0 Å². The molecule has 1 atom stereocenters. The van der Waals surface area contributed by atoms with E-state index in [0.29, 0.717) is 6.04 Å². The predicted molar refractivity (Wildman–Crippen MR) is 129 cm³/mol. The Morgan fingerprint density at radius 3 is 2.54 bits per heavy atom. The first kappa shape index (κ1) is 23.9. The van der Waals surface area contributed by atoms with Crippen LogP contribution in [-0.2, 0) is 4.74 Å². The molecular weight excluding hydrogens is 485 g/mol. The molecule has 1 unspecified atom stereocenters. The molecule has 2 aliphatic heterocycles. The molecule has 0 aliphatic carbocycles. The smallest absolute Gasteiger partial charge is 0.191 e. The lowest BCUT2D eigenvalue weighted by Gasteiger charge is -2.34. The van der Waals surface area contributed by atoms with Crippen molar-refractivity contribution in [1.29, 1.82) is 0 Å². The van der Waals surface area contributed by atoms with Gasteiger partial charge in [-0.1, -0.05) is 18.9 Å². The predicted octanol–water partition coefficient (Wildman–Crippen LogP) is 2.78. The standard InChI is InChI=1S/C20H35N5OS.HI/c1-21-20(22-8-11-24-9-4-2-3-5-10-24)23-17-18(19-7-6-16-27-19)25-12-14-26-15-13-25;/h6-7,16,18H,2-5,8-15,17H2,1H3,(H2,21,22,23);1H. The van der Waals surface area contributed by atoms with Crippen LogP contribution in [0, 0.1) is 0 Å². The number of hydrogen-bond donors (Lipinski definition) is 2. The minimum atomic E-state index is 0. The van der Waals surface area contributed by atoms with Crippen LogP contribution in [0.1, 0.15) is 36.6 Å². The molecule has 2 N–H and O–H groups in total. The van der Waals surface area contributed by atoms with E-state index in [1.54, 1.807) is 0 Å². The van der Waals surface area contributed by atoms with Crippen molar-refractivity contribution in [2.75, 3.05) is 66.1 Å². The molecule has 2 saturated heterocycles. The Kier molecular flexibility index (Phi) is 11.7. The summed E-state index contributed by atoms with van der Waals surface area (Å²) in [7, 11) is 1.86. The Morgan fingerprint density at radius 2 is 1.89 bits per heavy atom. The number of hydrogen-bond acceptors (Lipinski definition) is 5. The maximum absolute atomic E-state index is 5.53. The SMILES string of the molecule is CN=C(NCCN1CCCCCC1)NCC(c1cccs1)N1CCOCC1.I. The second-order valence-corrected chi connectivity index (χ2v) is 8.29. The topological polar surface area (TPSA) is 52.1 Å². The number of morpholine rings is 1. The average molecular weight is 522 g/mol. The number of ether oxygens (including phenoxy) is 1. The van der Waals surface area contributed by atoms with E-state index >= 15 is 0 Å². The van der Waals surface area contributed by atoms with Crippen LogP contribution in [0.5, 0.6) is 0 Å². The number of rotatable bonds is 7. The number of nitrogens with one attached hydrogen (secondary N) is 2. The fraction of sp³-hybridized carbons (Fsp3) is 0.750. The average Bonchev–Trinajstić information content (AvgIpc) is 3.11. The van der Waals surface area contributed by atoms with E-state index in [-0.39, 0.29) is 24.0 Å². The third-order valence-electron chi connectivity index (χ3n) is 5.46. The minimum absolute atomic E-state index is 0. The van der Waals surface area contributed by atoms with Gasteiger partial charge in [0.05, 0.1) is 19.3 Å². The molecule has 0 bridgehead atoms. The van der Waals surface area contributed by atoms with Gasteiger partial charge in [0.2, 0.25) is 0 Å². The Bertz CT molecular complexity index is 543. The van der Waals surface area contributed by atoms with E-state index in [1.165, 1.54) is 43.6 Å². The summed E-state index contributed by atoms with van der Waals surface area (Å²) >= 11 is 1.83. The van der Waals surface area contributed by atoms with Crippen LogP contribution in [0.2, 0.25) is 0 Å². The maximum atomic E-state index is 5.53. The van der Waals surface area contributed by atoms with Crippen molar-refractivity contribution in [3.63, 3.8) is 0 Å². The summed E-state index contributed by atoms with van der Waals surface area (Å²) in [6.45, 7) is 9.02. The van der Waals surface area contributed by atoms with Crippen molar-refractivity contribution >= 4 is 41.3 Å². The monoisotopic (exact) mass is 521 g/mol. The molecule has 8 heteroatoms. The fourth-order valence-corrected chi connectivity index (χ4v) is 4.75. The Labute approximate surface area is 191 Å². The van der Waals surface area contributed by atoms with Gasteiger partial charge in [-0.3, -0.25) is 9.89 Å². The maximum Gasteiger partial charge on any atom is 0.191 e. The highest BCUT2D eigenvalue weighted by atomic mass is 127. The van der Waals surface area contributed by atoms with Gasteiger partial charge in [-0.25, -0.2) is 0 Å². The molecule has 3 heterocycles. The first-order chi connectivity index (χ1) is 13.4. The van der Waals surface area contributed by atoms with Gasteiger partial charge in [0.1, 0.15) is 0 Å². The van der Waals surface area contributed by atoms with Gasteiger partial charge in [-0.05, 0) is 37.4 Å². The van der Waals surface area contributed by atoms with Gasteiger partial charge in [0.15, 0.2) is 5.96 Å². The molecule has 0 amide bonds. The van der Waals surface area contributed by atoms with Crippen LogP contribution in [0.15, 0.2) is 22.5 Å². The van der Waals surface area contributed by atoms with E-state index in [1.807, 2.05) is 18.4 Å². The van der Waals surface area contributed by atoms with Crippen LogP contribution in [0.4, 0.5) is 0 Å². The molecule has 2 aliphatic rings. The van der Waals surface area contributed by atoms with Gasteiger partial charge in [-0.15, -0.1) is 35.3 Å². The molecule has 28 heavy (non-hydrogen) atoms. The zero-order valence-corrected chi connectivity index (χ0v) is 20.2. The van der Waals surface area contributed by atoms with E-state index in [2.05, 4.69) is 42.9 Å². The molecule has 0 aromatic carbocycles. The first-order valence-electron chi connectivity index (χ1n) is 10.4. The number of thiophene rings is 1. The largest absolute Gasteiger partial charge is 0.379 e. The minimum Gasteiger partial charge on any atom is -0.379 e.